The summed E-state index contributed by atoms with van der Waals surface area (Å²) < 4.78 is 85.9. The molecule has 1 rings (SSSR count). The van der Waals surface area contributed by atoms with Gasteiger partial charge in [-0.25, -0.2) is 0 Å². The van der Waals surface area contributed by atoms with Gasteiger partial charge in [-0.15, -0.1) is 0 Å². The Morgan fingerprint density at radius 3 is 1.94 bits per heavy atom. The van der Waals surface area contributed by atoms with Crippen LogP contribution in [0.1, 0.15) is 12.8 Å². The van der Waals surface area contributed by atoms with Gasteiger partial charge in [-0.1, -0.05) is 0 Å². The van der Waals surface area contributed by atoms with Crippen LogP contribution in [0.5, 0.6) is 0 Å². The maximum absolute atomic E-state index is 12.9. The van der Waals surface area contributed by atoms with E-state index in [0.717, 1.165) is 0 Å². The normalized spacial score (nSPS) is 23.8. The van der Waals surface area contributed by atoms with Crippen molar-refractivity contribution in [3.63, 3.8) is 0 Å². The molecule has 1 aliphatic rings. The predicted octanol–water partition coefficient (Wildman–Crippen LogP) is 2.82. The first kappa shape index (κ1) is 13.5. The van der Waals surface area contributed by atoms with Crippen molar-refractivity contribution < 1.29 is 30.7 Å². The molecule has 1 nitrogen and oxygen atoms in total. The zero-order valence-corrected chi connectivity index (χ0v) is 8.05. The van der Waals surface area contributed by atoms with Crippen LogP contribution >= 0.6 is 0 Å². The van der Waals surface area contributed by atoms with Gasteiger partial charge < -0.3 is 5.32 Å². The Bertz CT molecular complexity index is 241. The summed E-state index contributed by atoms with van der Waals surface area (Å²) in [4.78, 5) is 0. The van der Waals surface area contributed by atoms with E-state index in [2.05, 4.69) is 5.32 Å². The van der Waals surface area contributed by atoms with Crippen LogP contribution in [0.15, 0.2) is 0 Å². The largest absolute Gasteiger partial charge is 0.459 e. The molecule has 1 N–H and O–H groups in total. The molecule has 0 bridgehead atoms. The van der Waals surface area contributed by atoms with Crippen LogP contribution in [-0.4, -0.2) is 31.1 Å². The molecule has 0 aromatic rings. The Hall–Kier alpha value is -0.530. The number of hydrogen-bond acceptors (Lipinski definition) is 1. The predicted molar refractivity (Wildman–Crippen MR) is 41.5 cm³/mol. The van der Waals surface area contributed by atoms with E-state index in [-0.39, 0.29) is 13.0 Å². The molecule has 1 fully saturated rings. The molecule has 0 spiro atoms. The van der Waals surface area contributed by atoms with Gasteiger partial charge in [0.2, 0.25) is 0 Å². The molecule has 1 atom stereocenters. The minimum absolute atomic E-state index is 0.0452. The lowest BCUT2D eigenvalue weighted by Gasteiger charge is -2.29. The second-order valence-corrected chi connectivity index (χ2v) is 3.84. The van der Waals surface area contributed by atoms with Gasteiger partial charge in [0.1, 0.15) is 0 Å². The first-order valence-corrected chi connectivity index (χ1v) is 4.61. The molecule has 8 heteroatoms. The van der Waals surface area contributed by atoms with E-state index in [0.29, 0.717) is 6.54 Å². The van der Waals surface area contributed by atoms with Crippen molar-refractivity contribution in [3.8, 4) is 0 Å². The third kappa shape index (κ3) is 2.41. The van der Waals surface area contributed by atoms with Crippen LogP contribution in [0.25, 0.3) is 0 Å². The summed E-state index contributed by atoms with van der Waals surface area (Å²) in [5, 5.41) is 2.63. The highest BCUT2D eigenvalue weighted by Gasteiger charge is 2.72. The lowest BCUT2D eigenvalue weighted by molar-refractivity contribution is -0.357. The van der Waals surface area contributed by atoms with Gasteiger partial charge in [0.15, 0.2) is 0 Å². The molecule has 0 amide bonds. The molecule has 0 aromatic carbocycles. The minimum atomic E-state index is -6.22. The van der Waals surface area contributed by atoms with Gasteiger partial charge >= 0.3 is 18.0 Å². The lowest BCUT2D eigenvalue weighted by Crippen LogP contribution is -2.52. The Morgan fingerprint density at radius 2 is 1.56 bits per heavy atom. The fraction of sp³-hybridized carbons (Fsp3) is 1.00. The van der Waals surface area contributed by atoms with Crippen molar-refractivity contribution in [2.75, 3.05) is 13.1 Å². The van der Waals surface area contributed by atoms with Crippen molar-refractivity contribution in [1.82, 2.24) is 5.32 Å². The second kappa shape index (κ2) is 4.05. The highest BCUT2D eigenvalue weighted by Crippen LogP contribution is 2.49. The van der Waals surface area contributed by atoms with Crippen LogP contribution in [0.3, 0.4) is 0 Å². The Balaban J connectivity index is 2.75. The topological polar surface area (TPSA) is 12.0 Å². The maximum atomic E-state index is 12.9. The SMILES string of the molecule is FC(F)(F)C(F)(F)C(F)(F)CC1CCNC1. The first-order chi connectivity index (χ1) is 7.08. The fourth-order valence-corrected chi connectivity index (χ4v) is 1.59. The van der Waals surface area contributed by atoms with Crippen molar-refractivity contribution in [2.24, 2.45) is 5.92 Å². The van der Waals surface area contributed by atoms with Crippen LogP contribution in [-0.2, 0) is 0 Å². The Morgan fingerprint density at radius 1 is 1.00 bits per heavy atom. The summed E-state index contributed by atoms with van der Waals surface area (Å²) in [6.45, 7) is 0.405. The Labute approximate surface area is 87.0 Å². The van der Waals surface area contributed by atoms with Gasteiger partial charge in [0, 0.05) is 6.42 Å². The number of alkyl halides is 7. The summed E-state index contributed by atoms with van der Waals surface area (Å²) in [5.41, 5.74) is 0. The van der Waals surface area contributed by atoms with Crippen LogP contribution in [0.4, 0.5) is 30.7 Å². The fourth-order valence-electron chi connectivity index (χ4n) is 1.59. The molecule has 1 unspecified atom stereocenters. The van der Waals surface area contributed by atoms with Crippen molar-refractivity contribution >= 4 is 0 Å². The van der Waals surface area contributed by atoms with E-state index < -0.39 is 30.4 Å². The summed E-state index contributed by atoms with van der Waals surface area (Å²) >= 11 is 0. The molecular formula is C8H10F7N. The molecular weight excluding hydrogens is 243 g/mol. The zero-order chi connectivity index (χ0) is 12.6. The van der Waals surface area contributed by atoms with Crippen molar-refractivity contribution in [1.29, 1.82) is 0 Å². The number of halogens is 7. The van der Waals surface area contributed by atoms with Crippen LogP contribution in [0.2, 0.25) is 0 Å². The van der Waals surface area contributed by atoms with E-state index in [1.165, 1.54) is 0 Å². The third-order valence-electron chi connectivity index (χ3n) is 2.52. The highest BCUT2D eigenvalue weighted by atomic mass is 19.4. The van der Waals surface area contributed by atoms with Gasteiger partial charge in [0.05, 0.1) is 0 Å². The summed E-state index contributed by atoms with van der Waals surface area (Å²) in [7, 11) is 0. The summed E-state index contributed by atoms with van der Waals surface area (Å²) in [6, 6.07) is 0. The smallest absolute Gasteiger partial charge is 0.316 e. The van der Waals surface area contributed by atoms with Gasteiger partial charge in [0.25, 0.3) is 0 Å². The number of rotatable bonds is 3. The van der Waals surface area contributed by atoms with Crippen molar-refractivity contribution in [3.05, 3.63) is 0 Å². The van der Waals surface area contributed by atoms with E-state index in [1.54, 1.807) is 0 Å². The minimum Gasteiger partial charge on any atom is -0.316 e. The van der Waals surface area contributed by atoms with Gasteiger partial charge in [-0.2, -0.15) is 30.7 Å². The van der Waals surface area contributed by atoms with E-state index in [9.17, 15) is 30.7 Å². The van der Waals surface area contributed by atoms with Crippen LogP contribution < -0.4 is 5.32 Å². The molecule has 1 aliphatic heterocycles. The van der Waals surface area contributed by atoms with E-state index in [1.807, 2.05) is 0 Å². The maximum Gasteiger partial charge on any atom is 0.459 e. The summed E-state index contributed by atoms with van der Waals surface area (Å²) in [6.07, 6.45) is -7.49. The van der Waals surface area contributed by atoms with E-state index in [4.69, 9.17) is 0 Å². The monoisotopic (exact) mass is 253 g/mol. The molecule has 0 saturated carbocycles. The summed E-state index contributed by atoms with van der Waals surface area (Å²) in [5.74, 6) is -11.9. The van der Waals surface area contributed by atoms with Gasteiger partial charge in [-0.05, 0) is 25.4 Å². The first-order valence-electron chi connectivity index (χ1n) is 4.61. The van der Waals surface area contributed by atoms with Gasteiger partial charge in [-0.3, -0.25) is 0 Å². The average molecular weight is 253 g/mol. The zero-order valence-electron chi connectivity index (χ0n) is 8.05. The molecule has 0 aliphatic carbocycles. The molecule has 1 saturated heterocycles. The molecule has 16 heavy (non-hydrogen) atoms. The lowest BCUT2D eigenvalue weighted by atomic mass is 9.96. The molecule has 96 valence electrons. The number of hydrogen-bond donors (Lipinski definition) is 1. The molecule has 1 heterocycles. The van der Waals surface area contributed by atoms with Crippen molar-refractivity contribution in [2.45, 2.75) is 30.9 Å². The highest BCUT2D eigenvalue weighted by molar-refractivity contribution is 4.93. The van der Waals surface area contributed by atoms with Crippen LogP contribution in [0, 0.1) is 5.92 Å². The van der Waals surface area contributed by atoms with E-state index >= 15 is 0 Å². The molecule has 0 aromatic heterocycles. The average Bonchev–Trinajstić information content (AvgIpc) is 2.53. The second-order valence-electron chi connectivity index (χ2n) is 3.84. The Kier molecular flexibility index (Phi) is 3.42. The number of nitrogens with one attached hydrogen (secondary N) is 1. The quantitative estimate of drug-likeness (QED) is 0.762. The standard InChI is InChI=1S/C8H10F7N/c9-6(10,3-5-1-2-16-4-5)7(11,12)8(13,14)15/h5,16H,1-4H2. The molecule has 0 radical (unpaired) electrons. The third-order valence-corrected chi connectivity index (χ3v) is 2.52.